The molecule has 2 aromatic heterocycles. The largest absolute Gasteiger partial charge is 0.463 e. The second kappa shape index (κ2) is 8.21. The topological polar surface area (TPSA) is 81.4 Å². The minimum atomic E-state index is -0.599. The Balaban J connectivity index is 1.55. The van der Waals surface area contributed by atoms with E-state index in [1.165, 1.54) is 0 Å². The second-order valence-electron chi connectivity index (χ2n) is 6.94. The molecule has 0 aliphatic rings. The first-order valence-corrected chi connectivity index (χ1v) is 9.50. The Morgan fingerprint density at radius 3 is 2.50 bits per heavy atom. The first-order valence-electron chi connectivity index (χ1n) is 9.50. The number of esters is 1. The number of fused-ring (bicyclic) bond motifs is 1. The third-order valence-corrected chi connectivity index (χ3v) is 4.79. The van der Waals surface area contributed by atoms with E-state index in [2.05, 4.69) is 10.3 Å². The van der Waals surface area contributed by atoms with Crippen LogP contribution in [-0.4, -0.2) is 23.5 Å². The van der Waals surface area contributed by atoms with Crippen molar-refractivity contribution in [2.24, 2.45) is 0 Å². The van der Waals surface area contributed by atoms with Gasteiger partial charge in [0.15, 0.2) is 12.4 Å². The van der Waals surface area contributed by atoms with Gasteiger partial charge < -0.3 is 14.5 Å². The number of ether oxygens (including phenoxy) is 1. The van der Waals surface area contributed by atoms with E-state index in [4.69, 9.17) is 9.15 Å². The summed E-state index contributed by atoms with van der Waals surface area (Å²) in [7, 11) is 0. The van der Waals surface area contributed by atoms with Crippen molar-refractivity contribution >= 4 is 28.5 Å². The SMILES string of the molecule is Cc1cccc(C)c1NC(=O)COC(=O)c1cc(-c2ccco2)nc2ccccc12. The van der Waals surface area contributed by atoms with Gasteiger partial charge in [-0.1, -0.05) is 36.4 Å². The van der Waals surface area contributed by atoms with Crippen LogP contribution in [0, 0.1) is 13.8 Å². The van der Waals surface area contributed by atoms with E-state index in [1.54, 1.807) is 30.5 Å². The number of anilines is 1. The van der Waals surface area contributed by atoms with Crippen molar-refractivity contribution in [2.75, 3.05) is 11.9 Å². The summed E-state index contributed by atoms with van der Waals surface area (Å²) in [6.07, 6.45) is 1.54. The minimum Gasteiger partial charge on any atom is -0.463 e. The Kier molecular flexibility index (Phi) is 5.30. The fourth-order valence-corrected chi connectivity index (χ4v) is 3.29. The zero-order chi connectivity index (χ0) is 21.1. The minimum absolute atomic E-state index is 0.326. The van der Waals surface area contributed by atoms with Crippen molar-refractivity contribution in [3.8, 4) is 11.5 Å². The molecule has 0 saturated carbocycles. The van der Waals surface area contributed by atoms with Gasteiger partial charge >= 0.3 is 5.97 Å². The van der Waals surface area contributed by atoms with Crippen LogP contribution in [0.5, 0.6) is 0 Å². The average Bonchev–Trinajstić information content (AvgIpc) is 3.29. The first kappa shape index (κ1) is 19.4. The van der Waals surface area contributed by atoms with E-state index in [0.29, 0.717) is 27.9 Å². The van der Waals surface area contributed by atoms with Gasteiger partial charge in [0.05, 0.1) is 17.3 Å². The predicted molar refractivity (Wildman–Crippen MR) is 114 cm³/mol. The Bertz CT molecular complexity index is 1210. The molecule has 4 aromatic rings. The van der Waals surface area contributed by atoms with E-state index in [0.717, 1.165) is 16.8 Å². The van der Waals surface area contributed by atoms with Gasteiger partial charge in [0.2, 0.25) is 0 Å². The van der Waals surface area contributed by atoms with Crippen molar-refractivity contribution in [1.29, 1.82) is 0 Å². The van der Waals surface area contributed by atoms with Crippen LogP contribution in [0.2, 0.25) is 0 Å². The molecule has 0 atom stereocenters. The smallest absolute Gasteiger partial charge is 0.339 e. The normalized spacial score (nSPS) is 10.7. The highest BCUT2D eigenvalue weighted by atomic mass is 16.5. The summed E-state index contributed by atoms with van der Waals surface area (Å²) in [6, 6.07) is 18.1. The molecule has 1 N–H and O–H groups in total. The fraction of sp³-hybridized carbons (Fsp3) is 0.125. The number of furan rings is 1. The van der Waals surface area contributed by atoms with Crippen LogP contribution in [0.4, 0.5) is 5.69 Å². The lowest BCUT2D eigenvalue weighted by molar-refractivity contribution is -0.119. The molecule has 0 bridgehead atoms. The maximum Gasteiger partial charge on any atom is 0.339 e. The highest BCUT2D eigenvalue weighted by Crippen LogP contribution is 2.26. The van der Waals surface area contributed by atoms with E-state index in [1.807, 2.05) is 50.2 Å². The number of hydrogen-bond donors (Lipinski definition) is 1. The molecule has 1 amide bonds. The van der Waals surface area contributed by atoms with Gasteiger partial charge in [-0.15, -0.1) is 0 Å². The highest BCUT2D eigenvalue weighted by Gasteiger charge is 2.18. The van der Waals surface area contributed by atoms with Gasteiger partial charge in [-0.3, -0.25) is 4.79 Å². The van der Waals surface area contributed by atoms with E-state index < -0.39 is 11.9 Å². The van der Waals surface area contributed by atoms with Crippen LogP contribution in [0.15, 0.2) is 71.3 Å². The van der Waals surface area contributed by atoms with E-state index in [9.17, 15) is 9.59 Å². The van der Waals surface area contributed by atoms with Gasteiger partial charge in [-0.05, 0) is 49.2 Å². The molecule has 4 rings (SSSR count). The zero-order valence-electron chi connectivity index (χ0n) is 16.6. The van der Waals surface area contributed by atoms with Crippen LogP contribution in [0.1, 0.15) is 21.5 Å². The Hall–Kier alpha value is -3.93. The molecule has 2 heterocycles. The third-order valence-electron chi connectivity index (χ3n) is 4.79. The lowest BCUT2D eigenvalue weighted by Crippen LogP contribution is -2.22. The number of aryl methyl sites for hydroxylation is 2. The van der Waals surface area contributed by atoms with Gasteiger partial charge in [0, 0.05) is 11.1 Å². The average molecular weight is 400 g/mol. The summed E-state index contributed by atoms with van der Waals surface area (Å²) >= 11 is 0. The Morgan fingerprint density at radius 1 is 1.00 bits per heavy atom. The van der Waals surface area contributed by atoms with Crippen LogP contribution >= 0.6 is 0 Å². The zero-order valence-corrected chi connectivity index (χ0v) is 16.6. The molecule has 0 aliphatic carbocycles. The quantitative estimate of drug-likeness (QED) is 0.482. The van der Waals surface area contributed by atoms with Crippen molar-refractivity contribution < 1.29 is 18.7 Å². The molecule has 30 heavy (non-hydrogen) atoms. The number of para-hydroxylation sites is 2. The predicted octanol–water partition coefficient (Wildman–Crippen LogP) is 4.91. The molecule has 0 aliphatic heterocycles. The third kappa shape index (κ3) is 3.93. The van der Waals surface area contributed by atoms with Crippen LogP contribution in [0.25, 0.3) is 22.4 Å². The molecule has 0 saturated heterocycles. The number of benzene rings is 2. The number of nitrogens with one attached hydrogen (secondary N) is 1. The molecule has 0 unspecified atom stereocenters. The number of aromatic nitrogens is 1. The maximum atomic E-state index is 12.8. The van der Waals surface area contributed by atoms with Crippen LogP contribution in [0.3, 0.4) is 0 Å². The monoisotopic (exact) mass is 400 g/mol. The first-order chi connectivity index (χ1) is 14.5. The number of amides is 1. The van der Waals surface area contributed by atoms with Crippen molar-refractivity contribution in [3.05, 3.63) is 83.6 Å². The maximum absolute atomic E-state index is 12.8. The summed E-state index contributed by atoms with van der Waals surface area (Å²) in [5, 5.41) is 3.46. The summed E-state index contributed by atoms with van der Waals surface area (Å²) in [6.45, 7) is 3.43. The molecule has 0 radical (unpaired) electrons. The van der Waals surface area contributed by atoms with Crippen molar-refractivity contribution in [1.82, 2.24) is 4.98 Å². The fourth-order valence-electron chi connectivity index (χ4n) is 3.29. The highest BCUT2D eigenvalue weighted by molar-refractivity contribution is 6.05. The van der Waals surface area contributed by atoms with E-state index >= 15 is 0 Å². The molecular weight excluding hydrogens is 380 g/mol. The standard InChI is InChI=1S/C24H20N2O4/c1-15-7-5-8-16(2)23(15)26-22(27)14-30-24(28)18-13-20(21-11-6-12-29-21)25-19-10-4-3-9-17(18)19/h3-13H,14H2,1-2H3,(H,26,27). The van der Waals surface area contributed by atoms with Gasteiger partial charge in [0.25, 0.3) is 5.91 Å². The molecule has 0 fully saturated rings. The van der Waals surface area contributed by atoms with Gasteiger partial charge in [-0.25, -0.2) is 9.78 Å². The number of rotatable bonds is 5. The summed E-state index contributed by atoms with van der Waals surface area (Å²) in [5.41, 5.74) is 4.10. The van der Waals surface area contributed by atoms with Gasteiger partial charge in [-0.2, -0.15) is 0 Å². The number of carbonyl (C=O) groups is 2. The lowest BCUT2D eigenvalue weighted by atomic mass is 10.1. The molecule has 0 spiro atoms. The van der Waals surface area contributed by atoms with Crippen LogP contribution in [-0.2, 0) is 9.53 Å². The lowest BCUT2D eigenvalue weighted by Gasteiger charge is -2.12. The van der Waals surface area contributed by atoms with E-state index in [-0.39, 0.29) is 6.61 Å². The molecular formula is C24H20N2O4. The van der Waals surface area contributed by atoms with Crippen molar-refractivity contribution in [2.45, 2.75) is 13.8 Å². The number of hydrogen-bond acceptors (Lipinski definition) is 5. The van der Waals surface area contributed by atoms with Crippen molar-refractivity contribution in [3.63, 3.8) is 0 Å². The summed E-state index contributed by atoms with van der Waals surface area (Å²) < 4.78 is 10.7. The number of carbonyl (C=O) groups excluding carboxylic acids is 2. The Labute approximate surface area is 173 Å². The molecule has 2 aromatic carbocycles. The molecule has 150 valence electrons. The Morgan fingerprint density at radius 2 is 1.77 bits per heavy atom. The molecule has 6 nitrogen and oxygen atoms in total. The molecule has 6 heteroatoms. The van der Waals surface area contributed by atoms with Gasteiger partial charge in [0.1, 0.15) is 5.69 Å². The second-order valence-corrected chi connectivity index (χ2v) is 6.94. The summed E-state index contributed by atoms with van der Waals surface area (Å²) in [4.78, 5) is 29.7. The van der Waals surface area contributed by atoms with Crippen LogP contribution < -0.4 is 5.32 Å². The summed E-state index contributed by atoms with van der Waals surface area (Å²) in [5.74, 6) is -0.453. The number of pyridine rings is 1. The number of nitrogens with zero attached hydrogens (tertiary/aromatic N) is 1.